The Kier molecular flexibility index (Phi) is 7.04. The van der Waals surface area contributed by atoms with Crippen molar-refractivity contribution in [1.82, 2.24) is 14.3 Å². The Labute approximate surface area is 228 Å². The molecule has 0 spiro atoms. The van der Waals surface area contributed by atoms with Crippen LogP contribution in [0.3, 0.4) is 0 Å². The van der Waals surface area contributed by atoms with Crippen LogP contribution < -0.4 is 10.1 Å². The largest absolute Gasteiger partial charge is 0.490 e. The number of benzene rings is 2. The van der Waals surface area contributed by atoms with Gasteiger partial charge in [-0.3, -0.25) is 10.00 Å². The van der Waals surface area contributed by atoms with Gasteiger partial charge in [-0.2, -0.15) is 5.10 Å². The summed E-state index contributed by atoms with van der Waals surface area (Å²) in [6.07, 6.45) is 6.88. The molecule has 2 fully saturated rings. The minimum Gasteiger partial charge on any atom is -0.490 e. The summed E-state index contributed by atoms with van der Waals surface area (Å²) in [7, 11) is 1.95. The molecule has 39 heavy (non-hydrogen) atoms. The molecule has 2 aromatic heterocycles. The van der Waals surface area contributed by atoms with E-state index in [9.17, 15) is 4.79 Å². The molecule has 0 bridgehead atoms. The summed E-state index contributed by atoms with van der Waals surface area (Å²) in [6, 6.07) is 17.0. The highest BCUT2D eigenvalue weighted by Crippen LogP contribution is 2.47. The molecule has 2 aliphatic rings. The lowest BCUT2D eigenvalue weighted by Crippen LogP contribution is -2.25. The van der Waals surface area contributed by atoms with E-state index < -0.39 is 6.09 Å². The van der Waals surface area contributed by atoms with Crippen molar-refractivity contribution in [2.45, 2.75) is 64.2 Å². The monoisotopic (exact) mass is 528 g/mol. The van der Waals surface area contributed by atoms with Crippen molar-refractivity contribution >= 4 is 22.7 Å². The standard InChI is InChI=1S/C31H36N4O4/c1-20(2)38-31(36)32-22-9-7-21(8-10-22)30-29(27-13-16-34(3)33-27)26-12-11-25(39-24-14-17-37-18-15-24)19-28(26)35(30)23-5-4-6-23/h7-13,16,19-20,23-24H,4-6,14-15,17-18H2,1-3H3,(H,32,36). The molecule has 1 aliphatic heterocycles. The van der Waals surface area contributed by atoms with E-state index in [2.05, 4.69) is 46.3 Å². The highest BCUT2D eigenvalue weighted by Gasteiger charge is 2.29. The number of hydrogen-bond donors (Lipinski definition) is 1. The normalized spacial score (nSPS) is 16.4. The third-order valence-corrected chi connectivity index (χ3v) is 7.60. The molecule has 8 heteroatoms. The number of anilines is 1. The van der Waals surface area contributed by atoms with Gasteiger partial charge in [0.05, 0.1) is 36.2 Å². The van der Waals surface area contributed by atoms with Gasteiger partial charge < -0.3 is 18.8 Å². The fourth-order valence-corrected chi connectivity index (χ4v) is 5.54. The quantitative estimate of drug-likeness (QED) is 0.281. The van der Waals surface area contributed by atoms with Crippen LogP contribution in [0.15, 0.2) is 54.7 Å². The topological polar surface area (TPSA) is 79.5 Å². The second kappa shape index (κ2) is 10.8. The molecule has 8 nitrogen and oxygen atoms in total. The van der Waals surface area contributed by atoms with Gasteiger partial charge in [0.2, 0.25) is 0 Å². The van der Waals surface area contributed by atoms with E-state index in [0.717, 1.165) is 72.5 Å². The summed E-state index contributed by atoms with van der Waals surface area (Å²) in [6.45, 7) is 5.17. The number of aromatic nitrogens is 3. The first-order valence-corrected chi connectivity index (χ1v) is 14.0. The number of aryl methyl sites for hydroxylation is 1. The van der Waals surface area contributed by atoms with Gasteiger partial charge in [-0.05, 0) is 69.0 Å². The minimum atomic E-state index is -0.451. The molecular formula is C31H36N4O4. The van der Waals surface area contributed by atoms with Crippen LogP contribution in [0.5, 0.6) is 5.75 Å². The van der Waals surface area contributed by atoms with E-state index in [1.807, 2.05) is 43.9 Å². The number of rotatable bonds is 7. The van der Waals surface area contributed by atoms with Crippen LogP contribution in [0, 0.1) is 0 Å². The Balaban J connectivity index is 1.45. The van der Waals surface area contributed by atoms with Crippen molar-refractivity contribution in [2.75, 3.05) is 18.5 Å². The fraction of sp³-hybridized carbons (Fsp3) is 0.419. The van der Waals surface area contributed by atoms with E-state index in [1.54, 1.807) is 0 Å². The highest BCUT2D eigenvalue weighted by molar-refractivity contribution is 6.04. The van der Waals surface area contributed by atoms with Gasteiger partial charge in [0, 0.05) is 54.8 Å². The average Bonchev–Trinajstić information content (AvgIpc) is 3.45. The summed E-state index contributed by atoms with van der Waals surface area (Å²) in [5, 5.41) is 8.81. The molecule has 4 aromatic rings. The lowest BCUT2D eigenvalue weighted by atomic mass is 9.92. The van der Waals surface area contributed by atoms with Crippen molar-refractivity contribution < 1.29 is 19.0 Å². The maximum atomic E-state index is 12.1. The second-order valence-electron chi connectivity index (χ2n) is 10.8. The van der Waals surface area contributed by atoms with Gasteiger partial charge in [0.15, 0.2) is 0 Å². The molecule has 1 amide bonds. The van der Waals surface area contributed by atoms with Crippen LogP contribution in [0.25, 0.3) is 33.4 Å². The van der Waals surface area contributed by atoms with E-state index in [1.165, 1.54) is 11.9 Å². The molecule has 1 N–H and O–H groups in total. The summed E-state index contributed by atoms with van der Waals surface area (Å²) in [5.41, 5.74) is 6.15. The van der Waals surface area contributed by atoms with Crippen LogP contribution in [-0.2, 0) is 16.5 Å². The number of nitrogens with zero attached hydrogens (tertiary/aromatic N) is 3. The molecule has 1 saturated carbocycles. The van der Waals surface area contributed by atoms with Crippen LogP contribution in [0.1, 0.15) is 52.0 Å². The Morgan fingerprint density at radius 1 is 1.05 bits per heavy atom. The zero-order valence-corrected chi connectivity index (χ0v) is 22.9. The van der Waals surface area contributed by atoms with Gasteiger partial charge in [0.25, 0.3) is 0 Å². The third kappa shape index (κ3) is 5.26. The van der Waals surface area contributed by atoms with Crippen molar-refractivity contribution in [2.24, 2.45) is 7.05 Å². The van der Waals surface area contributed by atoms with Crippen LogP contribution >= 0.6 is 0 Å². The van der Waals surface area contributed by atoms with Crippen molar-refractivity contribution in [3.63, 3.8) is 0 Å². The van der Waals surface area contributed by atoms with Gasteiger partial charge in [0.1, 0.15) is 11.9 Å². The van der Waals surface area contributed by atoms with Crippen molar-refractivity contribution in [3.05, 3.63) is 54.7 Å². The predicted molar refractivity (Wildman–Crippen MR) is 152 cm³/mol. The Morgan fingerprint density at radius 3 is 2.46 bits per heavy atom. The van der Waals surface area contributed by atoms with Crippen LogP contribution in [0.4, 0.5) is 10.5 Å². The van der Waals surface area contributed by atoms with Crippen molar-refractivity contribution in [3.8, 4) is 28.3 Å². The number of carbonyl (C=O) groups excluding carboxylic acids is 1. The maximum absolute atomic E-state index is 12.1. The van der Waals surface area contributed by atoms with E-state index in [-0.39, 0.29) is 12.2 Å². The first-order valence-electron chi connectivity index (χ1n) is 14.0. The molecule has 204 valence electrons. The zero-order valence-electron chi connectivity index (χ0n) is 22.9. The maximum Gasteiger partial charge on any atom is 0.411 e. The predicted octanol–water partition coefficient (Wildman–Crippen LogP) is 6.95. The van der Waals surface area contributed by atoms with Gasteiger partial charge in [-0.15, -0.1) is 0 Å². The first kappa shape index (κ1) is 25.5. The lowest BCUT2D eigenvalue weighted by molar-refractivity contribution is 0.0256. The number of fused-ring (bicyclic) bond motifs is 1. The van der Waals surface area contributed by atoms with Gasteiger partial charge in [-0.25, -0.2) is 4.79 Å². The number of amides is 1. The Bertz CT molecular complexity index is 1460. The number of carbonyl (C=O) groups is 1. The minimum absolute atomic E-state index is 0.177. The fourth-order valence-electron chi connectivity index (χ4n) is 5.54. The molecular weight excluding hydrogens is 492 g/mol. The number of hydrogen-bond acceptors (Lipinski definition) is 5. The van der Waals surface area contributed by atoms with Gasteiger partial charge >= 0.3 is 6.09 Å². The van der Waals surface area contributed by atoms with E-state index in [0.29, 0.717) is 11.7 Å². The third-order valence-electron chi connectivity index (χ3n) is 7.60. The van der Waals surface area contributed by atoms with Gasteiger partial charge in [-0.1, -0.05) is 12.1 Å². The molecule has 0 atom stereocenters. The number of nitrogens with one attached hydrogen (secondary N) is 1. The SMILES string of the molecule is CC(C)OC(=O)Nc1ccc(-c2c(-c3ccn(C)n3)c3ccc(OC4CCOCC4)cc3n2C2CCC2)cc1. The molecule has 1 aliphatic carbocycles. The zero-order chi connectivity index (χ0) is 26.9. The average molecular weight is 529 g/mol. The Hall–Kier alpha value is -3.78. The molecule has 1 saturated heterocycles. The van der Waals surface area contributed by atoms with Crippen LogP contribution in [0.2, 0.25) is 0 Å². The van der Waals surface area contributed by atoms with E-state index in [4.69, 9.17) is 19.3 Å². The summed E-state index contributed by atoms with van der Waals surface area (Å²) < 4.78 is 21.5. The van der Waals surface area contributed by atoms with Crippen LogP contribution in [-0.4, -0.2) is 45.9 Å². The van der Waals surface area contributed by atoms with Crippen molar-refractivity contribution in [1.29, 1.82) is 0 Å². The second-order valence-corrected chi connectivity index (χ2v) is 10.8. The highest BCUT2D eigenvalue weighted by atomic mass is 16.6. The molecule has 2 aromatic carbocycles. The summed E-state index contributed by atoms with van der Waals surface area (Å²) in [5.74, 6) is 0.898. The lowest BCUT2D eigenvalue weighted by Gasteiger charge is -2.30. The van der Waals surface area contributed by atoms with E-state index >= 15 is 0 Å². The first-order chi connectivity index (χ1) is 19.0. The molecule has 3 heterocycles. The Morgan fingerprint density at radius 2 is 1.82 bits per heavy atom. The molecule has 6 rings (SSSR count). The molecule has 0 radical (unpaired) electrons. The smallest absolute Gasteiger partial charge is 0.411 e. The summed E-state index contributed by atoms with van der Waals surface area (Å²) in [4.78, 5) is 12.1. The number of ether oxygens (including phenoxy) is 3. The molecule has 0 unspecified atom stereocenters. The summed E-state index contributed by atoms with van der Waals surface area (Å²) >= 11 is 0.